The van der Waals surface area contributed by atoms with Gasteiger partial charge in [-0.3, -0.25) is 5.43 Å². The van der Waals surface area contributed by atoms with Crippen LogP contribution in [0.15, 0.2) is 17.2 Å². The molecule has 0 spiro atoms. The van der Waals surface area contributed by atoms with Gasteiger partial charge in [-0.05, 0) is 19.9 Å². The molecule has 0 saturated heterocycles. The lowest BCUT2D eigenvalue weighted by atomic mass is 10.2. The maximum Gasteiger partial charge on any atom is 0.203 e. The number of hydrogen-bond donors (Lipinski definition) is 1. The van der Waals surface area contributed by atoms with Gasteiger partial charge in [-0.2, -0.15) is 5.10 Å². The standard InChI is InChI=1S/C15H19N3O3S/c1-9-10(2)22-15(17-9)18-16-8-11-6-13(20-4)14(21-5)7-12(11)19-3/h6-8H,1-5H3,(H,17,18)/b16-8-. The highest BCUT2D eigenvalue weighted by atomic mass is 32.1. The van der Waals surface area contributed by atoms with Crippen molar-refractivity contribution in [3.8, 4) is 17.2 Å². The molecule has 0 amide bonds. The Labute approximate surface area is 133 Å². The summed E-state index contributed by atoms with van der Waals surface area (Å²) in [6, 6.07) is 3.57. The first-order valence-electron chi connectivity index (χ1n) is 6.62. The fourth-order valence-corrected chi connectivity index (χ4v) is 2.60. The first-order chi connectivity index (χ1) is 10.6. The summed E-state index contributed by atoms with van der Waals surface area (Å²) >= 11 is 1.56. The summed E-state index contributed by atoms with van der Waals surface area (Å²) in [6.07, 6.45) is 1.66. The lowest BCUT2D eigenvalue weighted by Crippen LogP contribution is -1.97. The van der Waals surface area contributed by atoms with E-state index in [1.807, 2.05) is 13.8 Å². The minimum atomic E-state index is 0.607. The predicted octanol–water partition coefficient (Wildman–Crippen LogP) is 3.23. The van der Waals surface area contributed by atoms with Gasteiger partial charge >= 0.3 is 0 Å². The molecule has 0 bridgehead atoms. The Morgan fingerprint density at radius 3 is 2.23 bits per heavy atom. The highest BCUT2D eigenvalue weighted by molar-refractivity contribution is 7.15. The molecule has 0 saturated carbocycles. The van der Waals surface area contributed by atoms with Crippen LogP contribution in [0.4, 0.5) is 5.13 Å². The van der Waals surface area contributed by atoms with Crippen molar-refractivity contribution in [2.45, 2.75) is 13.8 Å². The van der Waals surface area contributed by atoms with Crippen molar-refractivity contribution in [1.29, 1.82) is 0 Å². The molecule has 0 aliphatic rings. The van der Waals surface area contributed by atoms with Crippen molar-refractivity contribution in [3.05, 3.63) is 28.3 Å². The van der Waals surface area contributed by atoms with Crippen molar-refractivity contribution >= 4 is 22.7 Å². The molecule has 0 unspecified atom stereocenters. The van der Waals surface area contributed by atoms with Crippen LogP contribution >= 0.6 is 11.3 Å². The highest BCUT2D eigenvalue weighted by Gasteiger charge is 2.10. The smallest absolute Gasteiger partial charge is 0.203 e. The molecule has 118 valence electrons. The molecule has 0 aliphatic carbocycles. The molecule has 2 aromatic rings. The molecular weight excluding hydrogens is 302 g/mol. The van der Waals surface area contributed by atoms with Crippen LogP contribution in [-0.4, -0.2) is 32.5 Å². The van der Waals surface area contributed by atoms with Crippen molar-refractivity contribution in [2.24, 2.45) is 5.10 Å². The van der Waals surface area contributed by atoms with Gasteiger partial charge in [0.05, 0.1) is 33.2 Å². The Hall–Kier alpha value is -2.28. The minimum absolute atomic E-state index is 0.607. The number of benzene rings is 1. The Balaban J connectivity index is 2.22. The van der Waals surface area contributed by atoms with E-state index in [9.17, 15) is 0 Å². The Bertz CT molecular complexity index is 663. The molecule has 0 aliphatic heterocycles. The maximum atomic E-state index is 5.35. The number of aryl methyl sites for hydroxylation is 2. The molecule has 0 fully saturated rings. The summed E-state index contributed by atoms with van der Waals surface area (Å²) in [5.41, 5.74) is 4.70. The van der Waals surface area contributed by atoms with Crippen LogP contribution in [0, 0.1) is 13.8 Å². The lowest BCUT2D eigenvalue weighted by molar-refractivity contribution is 0.349. The van der Waals surface area contributed by atoms with Crippen LogP contribution in [0.5, 0.6) is 17.2 Å². The number of aromatic nitrogens is 1. The van der Waals surface area contributed by atoms with E-state index in [0.717, 1.165) is 16.4 Å². The third-order valence-corrected chi connectivity index (χ3v) is 4.11. The number of ether oxygens (including phenoxy) is 3. The van der Waals surface area contributed by atoms with Gasteiger partial charge in [0.1, 0.15) is 5.75 Å². The summed E-state index contributed by atoms with van der Waals surface area (Å²) in [7, 11) is 4.77. The molecule has 22 heavy (non-hydrogen) atoms. The van der Waals surface area contributed by atoms with E-state index < -0.39 is 0 Å². The number of nitrogens with zero attached hydrogens (tertiary/aromatic N) is 2. The predicted molar refractivity (Wildman–Crippen MR) is 88.9 cm³/mol. The number of rotatable bonds is 6. The zero-order chi connectivity index (χ0) is 16.1. The summed E-state index contributed by atoms with van der Waals surface area (Å²) in [5, 5.41) is 4.96. The number of hydrogen-bond acceptors (Lipinski definition) is 7. The van der Waals surface area contributed by atoms with Crippen LogP contribution in [0.3, 0.4) is 0 Å². The van der Waals surface area contributed by atoms with Gasteiger partial charge < -0.3 is 14.2 Å². The summed E-state index contributed by atoms with van der Waals surface area (Å²) < 4.78 is 15.9. The summed E-state index contributed by atoms with van der Waals surface area (Å²) in [4.78, 5) is 5.53. The molecule has 6 nitrogen and oxygen atoms in total. The average molecular weight is 321 g/mol. The van der Waals surface area contributed by atoms with Crippen LogP contribution in [-0.2, 0) is 0 Å². The van der Waals surface area contributed by atoms with Crippen LogP contribution in [0.2, 0.25) is 0 Å². The second-order valence-electron chi connectivity index (χ2n) is 4.48. The number of anilines is 1. The minimum Gasteiger partial charge on any atom is -0.496 e. The van der Waals surface area contributed by atoms with Gasteiger partial charge in [-0.25, -0.2) is 4.98 Å². The van der Waals surface area contributed by atoms with Crippen molar-refractivity contribution < 1.29 is 14.2 Å². The monoisotopic (exact) mass is 321 g/mol. The first-order valence-corrected chi connectivity index (χ1v) is 7.43. The Morgan fingerprint density at radius 1 is 1.05 bits per heavy atom. The van der Waals surface area contributed by atoms with Crippen molar-refractivity contribution in [3.63, 3.8) is 0 Å². The first kappa shape index (κ1) is 16.1. The average Bonchev–Trinajstić information content (AvgIpc) is 2.84. The molecule has 1 heterocycles. The lowest BCUT2D eigenvalue weighted by Gasteiger charge is -2.11. The van der Waals surface area contributed by atoms with E-state index in [0.29, 0.717) is 17.2 Å². The molecule has 0 atom stereocenters. The van der Waals surface area contributed by atoms with E-state index >= 15 is 0 Å². The Morgan fingerprint density at radius 2 is 1.68 bits per heavy atom. The van der Waals surface area contributed by atoms with E-state index in [-0.39, 0.29) is 0 Å². The molecule has 1 N–H and O–H groups in total. The fourth-order valence-electron chi connectivity index (χ4n) is 1.83. The number of nitrogens with one attached hydrogen (secondary N) is 1. The molecular formula is C15H19N3O3S. The second-order valence-corrected chi connectivity index (χ2v) is 5.68. The van der Waals surface area contributed by atoms with Crippen molar-refractivity contribution in [2.75, 3.05) is 26.8 Å². The molecule has 1 aromatic heterocycles. The third kappa shape index (κ3) is 3.48. The van der Waals surface area contributed by atoms with E-state index in [4.69, 9.17) is 14.2 Å². The quantitative estimate of drug-likeness (QED) is 0.653. The normalized spacial score (nSPS) is 10.8. The van der Waals surface area contributed by atoms with Gasteiger partial charge in [0.15, 0.2) is 11.5 Å². The number of methoxy groups -OCH3 is 3. The molecule has 2 rings (SSSR count). The topological polar surface area (TPSA) is 65.0 Å². The molecule has 0 radical (unpaired) electrons. The highest BCUT2D eigenvalue weighted by Crippen LogP contribution is 2.33. The number of hydrazone groups is 1. The molecule has 7 heteroatoms. The summed E-state index contributed by atoms with van der Waals surface area (Å²) in [6.45, 7) is 4.00. The van der Waals surface area contributed by atoms with Crippen LogP contribution < -0.4 is 19.6 Å². The zero-order valence-electron chi connectivity index (χ0n) is 13.3. The van der Waals surface area contributed by atoms with Gasteiger partial charge in [0.2, 0.25) is 5.13 Å². The van der Waals surface area contributed by atoms with Gasteiger partial charge in [0, 0.05) is 16.5 Å². The Kier molecular flexibility index (Phi) is 5.21. The van der Waals surface area contributed by atoms with Gasteiger partial charge in [-0.15, -0.1) is 11.3 Å². The van der Waals surface area contributed by atoms with Crippen LogP contribution in [0.25, 0.3) is 0 Å². The van der Waals surface area contributed by atoms with Gasteiger partial charge in [-0.1, -0.05) is 0 Å². The molecule has 1 aromatic carbocycles. The van der Waals surface area contributed by atoms with E-state index in [2.05, 4.69) is 15.5 Å². The van der Waals surface area contributed by atoms with E-state index in [1.165, 1.54) is 4.88 Å². The van der Waals surface area contributed by atoms with E-state index in [1.54, 1.807) is 51.0 Å². The van der Waals surface area contributed by atoms with Crippen molar-refractivity contribution in [1.82, 2.24) is 4.98 Å². The van der Waals surface area contributed by atoms with Crippen LogP contribution in [0.1, 0.15) is 16.1 Å². The SMILES string of the molecule is COc1cc(OC)c(OC)cc1/C=N\Nc1nc(C)c(C)s1. The third-order valence-electron chi connectivity index (χ3n) is 3.13. The maximum absolute atomic E-state index is 5.35. The largest absolute Gasteiger partial charge is 0.496 e. The second kappa shape index (κ2) is 7.13. The fraction of sp³-hybridized carbons (Fsp3) is 0.333. The summed E-state index contributed by atoms with van der Waals surface area (Å²) in [5.74, 6) is 1.87. The number of thiazole rings is 1. The zero-order valence-corrected chi connectivity index (χ0v) is 14.1. The van der Waals surface area contributed by atoms with Gasteiger partial charge in [0.25, 0.3) is 0 Å².